The minimum Gasteiger partial charge on any atom is -0.495 e. The van der Waals surface area contributed by atoms with Crippen molar-refractivity contribution in [3.8, 4) is 5.75 Å². The molecule has 1 fully saturated rings. The van der Waals surface area contributed by atoms with Crippen LogP contribution in [0.5, 0.6) is 5.75 Å². The molecule has 0 amide bonds. The molecule has 0 atom stereocenters. The zero-order valence-electron chi connectivity index (χ0n) is 9.88. The van der Waals surface area contributed by atoms with E-state index in [9.17, 15) is 5.11 Å². The SMILES string of the molecule is COc1c(Br)cc(C(C)C)cc1C1(O)CC1. The summed E-state index contributed by atoms with van der Waals surface area (Å²) in [7, 11) is 1.64. The summed E-state index contributed by atoms with van der Waals surface area (Å²) in [6.45, 7) is 4.30. The molecule has 3 heteroatoms. The van der Waals surface area contributed by atoms with E-state index in [4.69, 9.17) is 4.74 Å². The molecule has 1 aliphatic rings. The Morgan fingerprint density at radius 3 is 2.44 bits per heavy atom. The van der Waals surface area contributed by atoms with Crippen LogP contribution < -0.4 is 4.74 Å². The average molecular weight is 285 g/mol. The van der Waals surface area contributed by atoms with Gasteiger partial charge < -0.3 is 9.84 Å². The van der Waals surface area contributed by atoms with Gasteiger partial charge in [-0.25, -0.2) is 0 Å². The monoisotopic (exact) mass is 284 g/mol. The van der Waals surface area contributed by atoms with Crippen LogP contribution in [-0.4, -0.2) is 12.2 Å². The Morgan fingerprint density at radius 2 is 2.00 bits per heavy atom. The summed E-state index contributed by atoms with van der Waals surface area (Å²) in [5.41, 5.74) is 1.50. The molecule has 1 saturated carbocycles. The van der Waals surface area contributed by atoms with Gasteiger partial charge in [-0.3, -0.25) is 0 Å². The van der Waals surface area contributed by atoms with E-state index in [2.05, 4.69) is 41.9 Å². The quantitative estimate of drug-likeness (QED) is 0.920. The van der Waals surface area contributed by atoms with Crippen molar-refractivity contribution in [2.24, 2.45) is 0 Å². The molecule has 0 bridgehead atoms. The van der Waals surface area contributed by atoms with Crippen molar-refractivity contribution in [1.82, 2.24) is 0 Å². The van der Waals surface area contributed by atoms with E-state index in [1.54, 1.807) is 7.11 Å². The molecule has 0 aromatic heterocycles. The second-order valence-electron chi connectivity index (χ2n) is 4.77. The topological polar surface area (TPSA) is 29.5 Å². The third-order valence-corrected chi connectivity index (χ3v) is 3.75. The van der Waals surface area contributed by atoms with Crippen molar-refractivity contribution in [3.05, 3.63) is 27.7 Å². The van der Waals surface area contributed by atoms with E-state index in [1.165, 1.54) is 5.56 Å². The summed E-state index contributed by atoms with van der Waals surface area (Å²) in [4.78, 5) is 0. The van der Waals surface area contributed by atoms with E-state index >= 15 is 0 Å². The highest BCUT2D eigenvalue weighted by Gasteiger charge is 2.44. The van der Waals surface area contributed by atoms with Gasteiger partial charge >= 0.3 is 0 Å². The Labute approximate surface area is 105 Å². The first-order valence-electron chi connectivity index (χ1n) is 5.58. The van der Waals surface area contributed by atoms with E-state index < -0.39 is 5.60 Å². The number of hydrogen-bond acceptors (Lipinski definition) is 2. The highest BCUT2D eigenvalue weighted by atomic mass is 79.9. The number of aliphatic hydroxyl groups is 1. The van der Waals surface area contributed by atoms with Crippen LogP contribution in [0.25, 0.3) is 0 Å². The highest BCUT2D eigenvalue weighted by molar-refractivity contribution is 9.10. The number of benzene rings is 1. The van der Waals surface area contributed by atoms with Gasteiger partial charge in [0.2, 0.25) is 0 Å². The molecule has 0 aliphatic heterocycles. The molecule has 0 heterocycles. The molecular formula is C13H17BrO2. The standard InChI is InChI=1S/C13H17BrO2/c1-8(2)9-6-10(13(15)4-5-13)12(16-3)11(14)7-9/h6-8,15H,4-5H2,1-3H3. The largest absolute Gasteiger partial charge is 0.495 e. The molecule has 0 radical (unpaired) electrons. The van der Waals surface area contributed by atoms with Crippen molar-refractivity contribution < 1.29 is 9.84 Å². The molecular weight excluding hydrogens is 268 g/mol. The lowest BCUT2D eigenvalue weighted by Crippen LogP contribution is -2.08. The van der Waals surface area contributed by atoms with Gasteiger partial charge in [0, 0.05) is 5.56 Å². The Balaban J connectivity index is 2.55. The van der Waals surface area contributed by atoms with Crippen LogP contribution in [0.2, 0.25) is 0 Å². The fraction of sp³-hybridized carbons (Fsp3) is 0.538. The lowest BCUT2D eigenvalue weighted by molar-refractivity contribution is 0.147. The predicted molar refractivity (Wildman–Crippen MR) is 67.9 cm³/mol. The number of methoxy groups -OCH3 is 1. The van der Waals surface area contributed by atoms with Crippen molar-refractivity contribution >= 4 is 15.9 Å². The first kappa shape index (κ1) is 11.9. The Hall–Kier alpha value is -0.540. The lowest BCUT2D eigenvalue weighted by Gasteiger charge is -2.18. The zero-order chi connectivity index (χ0) is 11.9. The molecule has 1 aromatic carbocycles. The molecule has 2 nitrogen and oxygen atoms in total. The average Bonchev–Trinajstić information content (AvgIpc) is 2.96. The first-order valence-corrected chi connectivity index (χ1v) is 6.37. The van der Waals surface area contributed by atoms with Gasteiger partial charge in [0.25, 0.3) is 0 Å². The fourth-order valence-corrected chi connectivity index (χ4v) is 2.53. The number of ether oxygens (including phenoxy) is 1. The van der Waals surface area contributed by atoms with Crippen molar-refractivity contribution in [3.63, 3.8) is 0 Å². The van der Waals surface area contributed by atoms with Crippen molar-refractivity contribution in [2.45, 2.75) is 38.2 Å². The van der Waals surface area contributed by atoms with Crippen molar-refractivity contribution in [2.75, 3.05) is 7.11 Å². The minimum atomic E-state index is -0.654. The van der Waals surface area contributed by atoms with Gasteiger partial charge in [0.15, 0.2) is 0 Å². The number of halogens is 1. The summed E-state index contributed by atoms with van der Waals surface area (Å²) in [5, 5.41) is 10.2. The molecule has 0 unspecified atom stereocenters. The molecule has 16 heavy (non-hydrogen) atoms. The van der Waals surface area contributed by atoms with Gasteiger partial charge in [-0.05, 0) is 52.4 Å². The fourth-order valence-electron chi connectivity index (χ4n) is 1.89. The predicted octanol–water partition coefficient (Wildman–Crippen LogP) is 3.56. The van der Waals surface area contributed by atoms with Gasteiger partial charge in [0.05, 0.1) is 17.2 Å². The highest BCUT2D eigenvalue weighted by Crippen LogP contribution is 2.51. The third-order valence-electron chi connectivity index (χ3n) is 3.16. The maximum absolute atomic E-state index is 10.2. The van der Waals surface area contributed by atoms with E-state index in [0.717, 1.165) is 28.6 Å². The van der Waals surface area contributed by atoms with E-state index in [-0.39, 0.29) is 0 Å². The molecule has 88 valence electrons. The third kappa shape index (κ3) is 1.98. The summed E-state index contributed by atoms with van der Waals surface area (Å²) >= 11 is 3.51. The summed E-state index contributed by atoms with van der Waals surface area (Å²) in [6, 6.07) is 4.14. The first-order chi connectivity index (χ1) is 7.48. The van der Waals surface area contributed by atoms with Crippen LogP contribution in [0.4, 0.5) is 0 Å². The smallest absolute Gasteiger partial charge is 0.139 e. The maximum Gasteiger partial charge on any atom is 0.139 e. The van der Waals surface area contributed by atoms with Gasteiger partial charge in [-0.15, -0.1) is 0 Å². The van der Waals surface area contributed by atoms with Crippen LogP contribution in [0.15, 0.2) is 16.6 Å². The minimum absolute atomic E-state index is 0.448. The van der Waals surface area contributed by atoms with Gasteiger partial charge in [0.1, 0.15) is 5.75 Å². The zero-order valence-corrected chi connectivity index (χ0v) is 11.5. The molecule has 1 aliphatic carbocycles. The molecule has 1 N–H and O–H groups in total. The Bertz CT molecular complexity index is 409. The molecule has 0 spiro atoms. The van der Waals surface area contributed by atoms with Crippen LogP contribution in [0.3, 0.4) is 0 Å². The maximum atomic E-state index is 10.2. The molecule has 0 saturated heterocycles. The number of rotatable bonds is 3. The van der Waals surface area contributed by atoms with E-state index in [1.807, 2.05) is 0 Å². The Morgan fingerprint density at radius 1 is 1.38 bits per heavy atom. The van der Waals surface area contributed by atoms with Gasteiger partial charge in [-0.1, -0.05) is 13.8 Å². The van der Waals surface area contributed by atoms with Crippen LogP contribution >= 0.6 is 15.9 Å². The van der Waals surface area contributed by atoms with Crippen LogP contribution in [0, 0.1) is 0 Å². The summed E-state index contributed by atoms with van der Waals surface area (Å²) < 4.78 is 6.30. The van der Waals surface area contributed by atoms with E-state index in [0.29, 0.717) is 5.92 Å². The van der Waals surface area contributed by atoms with Gasteiger partial charge in [-0.2, -0.15) is 0 Å². The molecule has 1 aromatic rings. The second-order valence-corrected chi connectivity index (χ2v) is 5.62. The van der Waals surface area contributed by atoms with Crippen LogP contribution in [-0.2, 0) is 5.60 Å². The summed E-state index contributed by atoms with van der Waals surface area (Å²) in [5.74, 6) is 1.22. The van der Waals surface area contributed by atoms with Crippen LogP contribution in [0.1, 0.15) is 43.7 Å². The number of hydrogen-bond donors (Lipinski definition) is 1. The molecule has 2 rings (SSSR count). The van der Waals surface area contributed by atoms with Crippen molar-refractivity contribution in [1.29, 1.82) is 0 Å². The normalized spacial score (nSPS) is 17.6. The lowest BCUT2D eigenvalue weighted by atomic mass is 9.97. The summed E-state index contributed by atoms with van der Waals surface area (Å²) in [6.07, 6.45) is 1.66. The Kier molecular flexibility index (Phi) is 3.01. The second kappa shape index (κ2) is 4.04.